The first-order chi connectivity index (χ1) is 12.1. The Morgan fingerprint density at radius 2 is 2.04 bits per heavy atom. The fraction of sp³-hybridized carbons (Fsp3) is 0.389. The van der Waals surface area contributed by atoms with Gasteiger partial charge in [0.25, 0.3) is 5.91 Å². The molecule has 1 aromatic carbocycles. The minimum atomic E-state index is -0.433. The van der Waals surface area contributed by atoms with E-state index in [1.807, 2.05) is 0 Å². The first-order valence-corrected chi connectivity index (χ1v) is 8.50. The van der Waals surface area contributed by atoms with Crippen LogP contribution in [0.2, 0.25) is 0 Å². The standard InChI is InChI=1S/C18H21FN4O2/c19-13-7-4-8-14(9-13)22-16(24)11-20-18(25)15-10-21-23-17(15)12-5-2-1-3-6-12/h4,7-10,12H,1-3,5-6,11H2,(H,20,25)(H,21,23)(H,22,24). The van der Waals surface area contributed by atoms with Crippen molar-refractivity contribution in [3.05, 3.63) is 47.5 Å². The number of carbonyl (C=O) groups is 2. The molecule has 2 amide bonds. The molecule has 25 heavy (non-hydrogen) atoms. The summed E-state index contributed by atoms with van der Waals surface area (Å²) in [5, 5.41) is 12.1. The largest absolute Gasteiger partial charge is 0.343 e. The van der Waals surface area contributed by atoms with Gasteiger partial charge in [0.05, 0.1) is 24.0 Å². The van der Waals surface area contributed by atoms with Crippen molar-refractivity contribution < 1.29 is 14.0 Å². The van der Waals surface area contributed by atoms with Gasteiger partial charge >= 0.3 is 0 Å². The fourth-order valence-electron chi connectivity index (χ4n) is 3.21. The summed E-state index contributed by atoms with van der Waals surface area (Å²) in [4.78, 5) is 24.3. The van der Waals surface area contributed by atoms with Crippen LogP contribution in [0, 0.1) is 5.82 Å². The zero-order chi connectivity index (χ0) is 17.6. The molecule has 3 N–H and O–H groups in total. The number of hydrogen-bond donors (Lipinski definition) is 3. The van der Waals surface area contributed by atoms with Crippen LogP contribution in [0.4, 0.5) is 10.1 Å². The number of carbonyl (C=O) groups excluding carboxylic acids is 2. The van der Waals surface area contributed by atoms with E-state index in [0.717, 1.165) is 31.4 Å². The van der Waals surface area contributed by atoms with Gasteiger partial charge in [-0.15, -0.1) is 0 Å². The fourth-order valence-corrected chi connectivity index (χ4v) is 3.21. The second kappa shape index (κ2) is 7.92. The molecule has 0 unspecified atom stereocenters. The number of aromatic nitrogens is 2. The average molecular weight is 344 g/mol. The number of nitrogens with zero attached hydrogens (tertiary/aromatic N) is 1. The van der Waals surface area contributed by atoms with Crippen LogP contribution in [-0.2, 0) is 4.79 Å². The summed E-state index contributed by atoms with van der Waals surface area (Å²) < 4.78 is 13.1. The monoisotopic (exact) mass is 344 g/mol. The smallest absolute Gasteiger partial charge is 0.255 e. The summed E-state index contributed by atoms with van der Waals surface area (Å²) >= 11 is 0. The third-order valence-electron chi connectivity index (χ3n) is 4.44. The predicted molar refractivity (Wildman–Crippen MR) is 91.8 cm³/mol. The molecular formula is C18H21FN4O2. The molecule has 1 saturated carbocycles. The van der Waals surface area contributed by atoms with Gasteiger partial charge in [0.15, 0.2) is 0 Å². The van der Waals surface area contributed by atoms with Crippen molar-refractivity contribution in [2.24, 2.45) is 0 Å². The summed E-state index contributed by atoms with van der Waals surface area (Å²) in [5.41, 5.74) is 1.69. The van der Waals surface area contributed by atoms with Crippen LogP contribution < -0.4 is 10.6 Å². The van der Waals surface area contributed by atoms with Crippen LogP contribution in [0.1, 0.15) is 54.1 Å². The molecule has 1 aliphatic carbocycles. The predicted octanol–water partition coefficient (Wildman–Crippen LogP) is 2.97. The highest BCUT2D eigenvalue weighted by atomic mass is 19.1. The quantitative estimate of drug-likeness (QED) is 0.779. The number of benzene rings is 1. The second-order valence-electron chi connectivity index (χ2n) is 6.27. The number of anilines is 1. The minimum Gasteiger partial charge on any atom is -0.343 e. The van der Waals surface area contributed by atoms with E-state index in [1.54, 1.807) is 6.07 Å². The van der Waals surface area contributed by atoms with Gasteiger partial charge in [-0.2, -0.15) is 5.10 Å². The molecule has 1 aromatic heterocycles. The number of amides is 2. The van der Waals surface area contributed by atoms with E-state index in [0.29, 0.717) is 17.2 Å². The summed E-state index contributed by atoms with van der Waals surface area (Å²) in [6, 6.07) is 5.60. The Morgan fingerprint density at radius 1 is 1.24 bits per heavy atom. The number of halogens is 1. The van der Waals surface area contributed by atoms with Crippen molar-refractivity contribution in [3.63, 3.8) is 0 Å². The molecule has 0 saturated heterocycles. The average Bonchev–Trinajstić information content (AvgIpc) is 3.10. The highest BCUT2D eigenvalue weighted by Crippen LogP contribution is 2.33. The summed E-state index contributed by atoms with van der Waals surface area (Å²) in [5.74, 6) is -0.860. The Balaban J connectivity index is 1.56. The van der Waals surface area contributed by atoms with Crippen LogP contribution in [-0.4, -0.2) is 28.6 Å². The molecule has 0 atom stereocenters. The molecule has 2 aromatic rings. The van der Waals surface area contributed by atoms with Gasteiger partial charge in [0, 0.05) is 11.6 Å². The van der Waals surface area contributed by atoms with E-state index in [2.05, 4.69) is 20.8 Å². The molecule has 1 heterocycles. The topological polar surface area (TPSA) is 86.9 Å². The lowest BCUT2D eigenvalue weighted by Crippen LogP contribution is -2.33. The summed E-state index contributed by atoms with van der Waals surface area (Å²) in [6.07, 6.45) is 7.13. The summed E-state index contributed by atoms with van der Waals surface area (Å²) in [6.45, 7) is -0.190. The Hall–Kier alpha value is -2.70. The van der Waals surface area contributed by atoms with Crippen molar-refractivity contribution in [2.75, 3.05) is 11.9 Å². The van der Waals surface area contributed by atoms with Crippen LogP contribution in [0.25, 0.3) is 0 Å². The highest BCUT2D eigenvalue weighted by Gasteiger charge is 2.23. The van der Waals surface area contributed by atoms with Crippen molar-refractivity contribution in [3.8, 4) is 0 Å². The second-order valence-corrected chi connectivity index (χ2v) is 6.27. The third-order valence-corrected chi connectivity index (χ3v) is 4.44. The zero-order valence-electron chi connectivity index (χ0n) is 13.8. The van der Waals surface area contributed by atoms with Gasteiger partial charge in [-0.25, -0.2) is 4.39 Å². The summed E-state index contributed by atoms with van der Waals surface area (Å²) in [7, 11) is 0. The molecule has 6 nitrogen and oxygen atoms in total. The van der Waals surface area contributed by atoms with Crippen molar-refractivity contribution in [1.29, 1.82) is 0 Å². The normalized spacial score (nSPS) is 14.9. The first kappa shape index (κ1) is 17.1. The third kappa shape index (κ3) is 4.43. The Bertz CT molecular complexity index is 753. The number of H-pyrrole nitrogens is 1. The molecule has 0 aliphatic heterocycles. The van der Waals surface area contributed by atoms with Gasteiger partial charge in [-0.05, 0) is 31.0 Å². The minimum absolute atomic E-state index is 0.190. The van der Waals surface area contributed by atoms with E-state index < -0.39 is 11.7 Å². The SMILES string of the molecule is O=C(CNC(=O)c1cn[nH]c1C1CCCCC1)Nc1cccc(F)c1. The van der Waals surface area contributed by atoms with Gasteiger partial charge in [0.1, 0.15) is 5.82 Å². The highest BCUT2D eigenvalue weighted by molar-refractivity contribution is 5.99. The van der Waals surface area contributed by atoms with E-state index in [9.17, 15) is 14.0 Å². The Labute approximate surface area is 145 Å². The zero-order valence-corrected chi connectivity index (χ0v) is 13.8. The maximum absolute atomic E-state index is 13.1. The number of aromatic amines is 1. The van der Waals surface area contributed by atoms with Crippen molar-refractivity contribution in [1.82, 2.24) is 15.5 Å². The van der Waals surface area contributed by atoms with Gasteiger partial charge in [-0.1, -0.05) is 25.3 Å². The maximum Gasteiger partial charge on any atom is 0.255 e. The van der Waals surface area contributed by atoms with E-state index >= 15 is 0 Å². The molecule has 7 heteroatoms. The molecule has 1 fully saturated rings. The Morgan fingerprint density at radius 3 is 2.80 bits per heavy atom. The molecule has 0 bridgehead atoms. The lowest BCUT2D eigenvalue weighted by Gasteiger charge is -2.21. The molecule has 0 spiro atoms. The van der Waals surface area contributed by atoms with Crippen molar-refractivity contribution >= 4 is 17.5 Å². The lowest BCUT2D eigenvalue weighted by molar-refractivity contribution is -0.115. The lowest BCUT2D eigenvalue weighted by atomic mass is 9.85. The number of nitrogens with one attached hydrogen (secondary N) is 3. The maximum atomic E-state index is 13.1. The van der Waals surface area contributed by atoms with Gasteiger partial charge < -0.3 is 10.6 Å². The van der Waals surface area contributed by atoms with E-state index in [4.69, 9.17) is 0 Å². The molecule has 0 radical (unpaired) electrons. The van der Waals surface area contributed by atoms with Crippen molar-refractivity contribution in [2.45, 2.75) is 38.0 Å². The van der Waals surface area contributed by atoms with Gasteiger partial charge in [0.2, 0.25) is 5.91 Å². The van der Waals surface area contributed by atoms with E-state index in [1.165, 1.54) is 30.8 Å². The van der Waals surface area contributed by atoms with Crippen LogP contribution in [0.3, 0.4) is 0 Å². The number of rotatable bonds is 5. The number of hydrogen-bond acceptors (Lipinski definition) is 3. The van der Waals surface area contributed by atoms with Gasteiger partial charge in [-0.3, -0.25) is 14.7 Å². The van der Waals surface area contributed by atoms with E-state index in [-0.39, 0.29) is 12.5 Å². The Kier molecular flexibility index (Phi) is 5.42. The van der Waals surface area contributed by atoms with Crippen LogP contribution in [0.5, 0.6) is 0 Å². The van der Waals surface area contributed by atoms with Crippen LogP contribution >= 0.6 is 0 Å². The molecule has 3 rings (SSSR count). The first-order valence-electron chi connectivity index (χ1n) is 8.50. The molecule has 132 valence electrons. The molecular weight excluding hydrogens is 323 g/mol. The molecule has 1 aliphatic rings. The van der Waals surface area contributed by atoms with Crippen LogP contribution in [0.15, 0.2) is 30.5 Å².